The second kappa shape index (κ2) is 6.30. The molecule has 0 radical (unpaired) electrons. The summed E-state index contributed by atoms with van der Waals surface area (Å²) < 4.78 is 13.8. The minimum absolute atomic E-state index is 0.291. The van der Waals surface area contributed by atoms with Gasteiger partial charge in [0.05, 0.1) is 20.1 Å². The van der Waals surface area contributed by atoms with Crippen molar-refractivity contribution in [3.63, 3.8) is 0 Å². The summed E-state index contributed by atoms with van der Waals surface area (Å²) in [5.74, 6) is 1.09. The Bertz CT molecular complexity index is 625. The molecule has 114 valence electrons. The Morgan fingerprint density at radius 3 is 2.29 bits per heavy atom. The lowest BCUT2D eigenvalue weighted by Gasteiger charge is -2.22. The van der Waals surface area contributed by atoms with Crippen LogP contribution in [0, 0.1) is 6.92 Å². The Morgan fingerprint density at radius 2 is 1.81 bits per heavy atom. The third-order valence-corrected chi connectivity index (χ3v) is 3.52. The molecule has 5 nitrogen and oxygen atoms in total. The average Bonchev–Trinajstić information content (AvgIpc) is 2.83. The van der Waals surface area contributed by atoms with E-state index in [1.54, 1.807) is 32.2 Å². The molecule has 0 saturated carbocycles. The Morgan fingerprint density at radius 1 is 1.14 bits per heavy atom. The zero-order valence-corrected chi connectivity index (χ0v) is 13.8. The van der Waals surface area contributed by atoms with Crippen LogP contribution < -0.4 is 9.47 Å². The van der Waals surface area contributed by atoms with Gasteiger partial charge in [-0.1, -0.05) is 46.0 Å². The van der Waals surface area contributed by atoms with E-state index < -0.39 is 9.71 Å². The topological polar surface area (TPSA) is 57.4 Å². The van der Waals surface area contributed by atoms with E-state index in [4.69, 9.17) is 48.8 Å². The van der Waals surface area contributed by atoms with E-state index in [-0.39, 0.29) is 0 Å². The van der Waals surface area contributed by atoms with Crippen molar-refractivity contribution in [2.75, 3.05) is 14.2 Å². The fourth-order valence-corrected chi connectivity index (χ4v) is 2.62. The average molecular weight is 352 g/mol. The summed E-state index contributed by atoms with van der Waals surface area (Å²) >= 11 is 18.3. The quantitative estimate of drug-likeness (QED) is 0.782. The maximum absolute atomic E-state index is 6.08. The number of nitrogens with zero attached hydrogens (tertiary/aromatic N) is 2. The number of aromatic nitrogens is 2. The Labute approximate surface area is 137 Å². The first-order valence-electron chi connectivity index (χ1n) is 5.95. The summed E-state index contributed by atoms with van der Waals surface area (Å²) in [6.45, 7) is 1.67. The Balaban J connectivity index is 2.52. The first kappa shape index (κ1) is 16.2. The molecule has 0 spiro atoms. The summed E-state index contributed by atoms with van der Waals surface area (Å²) in [5, 5.41) is 3.85. The number of alkyl halides is 3. The van der Waals surface area contributed by atoms with Gasteiger partial charge in [-0.3, -0.25) is 0 Å². The molecule has 2 aromatic rings. The lowest BCUT2D eigenvalue weighted by molar-refractivity contribution is 0.354. The predicted molar refractivity (Wildman–Crippen MR) is 80.7 cm³/mol. The van der Waals surface area contributed by atoms with Gasteiger partial charge < -0.3 is 14.0 Å². The van der Waals surface area contributed by atoms with Crippen molar-refractivity contribution in [2.24, 2.45) is 0 Å². The molecule has 0 aliphatic rings. The Kier molecular flexibility index (Phi) is 4.86. The minimum atomic E-state index is -1.64. The largest absolute Gasteiger partial charge is 0.493 e. The zero-order valence-electron chi connectivity index (χ0n) is 11.6. The van der Waals surface area contributed by atoms with Crippen LogP contribution in [0.2, 0.25) is 0 Å². The van der Waals surface area contributed by atoms with E-state index in [9.17, 15) is 0 Å². The van der Waals surface area contributed by atoms with E-state index >= 15 is 0 Å². The number of hydrogen-bond acceptors (Lipinski definition) is 5. The molecule has 1 aromatic carbocycles. The zero-order chi connectivity index (χ0) is 15.6. The van der Waals surface area contributed by atoms with Crippen LogP contribution in [-0.2, 0) is 0 Å². The first-order chi connectivity index (χ1) is 9.86. The molecule has 0 saturated heterocycles. The van der Waals surface area contributed by atoms with Crippen LogP contribution >= 0.6 is 34.8 Å². The van der Waals surface area contributed by atoms with E-state index in [2.05, 4.69) is 10.1 Å². The van der Waals surface area contributed by atoms with E-state index in [0.29, 0.717) is 28.8 Å². The molecular formula is C13H13Cl3N2O3. The molecule has 0 bridgehead atoms. The fourth-order valence-electron chi connectivity index (χ4n) is 1.95. The SMILES string of the molecule is COc1ccc([C@@H](c2noc(C)n2)C(Cl)(Cl)Cl)cc1OC. The van der Waals surface area contributed by atoms with Crippen LogP contribution in [0.15, 0.2) is 22.7 Å². The van der Waals surface area contributed by atoms with Crippen molar-refractivity contribution in [1.82, 2.24) is 10.1 Å². The summed E-state index contributed by atoms with van der Waals surface area (Å²) in [6, 6.07) is 5.21. The van der Waals surface area contributed by atoms with E-state index in [0.717, 1.165) is 0 Å². The maximum Gasteiger partial charge on any atom is 0.223 e. The highest BCUT2D eigenvalue weighted by molar-refractivity contribution is 6.68. The van der Waals surface area contributed by atoms with Gasteiger partial charge in [0, 0.05) is 6.92 Å². The van der Waals surface area contributed by atoms with Crippen molar-refractivity contribution in [1.29, 1.82) is 0 Å². The molecule has 21 heavy (non-hydrogen) atoms. The lowest BCUT2D eigenvalue weighted by Crippen LogP contribution is -2.20. The number of hydrogen-bond donors (Lipinski definition) is 0. The number of methoxy groups -OCH3 is 2. The Hall–Kier alpha value is -1.17. The fraction of sp³-hybridized carbons (Fsp3) is 0.385. The number of rotatable bonds is 4. The van der Waals surface area contributed by atoms with Gasteiger partial charge in [-0.15, -0.1) is 0 Å². The monoisotopic (exact) mass is 350 g/mol. The molecule has 1 aromatic heterocycles. The van der Waals surface area contributed by atoms with Crippen LogP contribution in [0.5, 0.6) is 11.5 Å². The van der Waals surface area contributed by atoms with Crippen LogP contribution in [-0.4, -0.2) is 28.2 Å². The maximum atomic E-state index is 6.08. The first-order valence-corrected chi connectivity index (χ1v) is 7.09. The molecule has 0 N–H and O–H groups in total. The lowest BCUT2D eigenvalue weighted by atomic mass is 9.99. The van der Waals surface area contributed by atoms with Gasteiger partial charge in [0.2, 0.25) is 9.68 Å². The van der Waals surface area contributed by atoms with Crippen molar-refractivity contribution in [2.45, 2.75) is 16.6 Å². The standard InChI is InChI=1S/C13H13Cl3N2O3/c1-7-17-12(18-21-7)11(13(14,15)16)8-4-5-9(19-2)10(6-8)20-3/h4-6,11H,1-3H3/t11-/m0/s1. The molecule has 0 unspecified atom stereocenters. The summed E-state index contributed by atoms with van der Waals surface area (Å²) in [4.78, 5) is 4.15. The summed E-state index contributed by atoms with van der Waals surface area (Å²) in [7, 11) is 3.08. The third kappa shape index (κ3) is 3.54. The van der Waals surface area contributed by atoms with E-state index in [1.807, 2.05) is 0 Å². The number of aryl methyl sites for hydroxylation is 1. The highest BCUT2D eigenvalue weighted by atomic mass is 35.6. The molecule has 0 aliphatic carbocycles. The number of benzene rings is 1. The van der Waals surface area contributed by atoms with Crippen molar-refractivity contribution in [3.8, 4) is 11.5 Å². The van der Waals surface area contributed by atoms with Crippen LogP contribution in [0.1, 0.15) is 23.2 Å². The smallest absolute Gasteiger partial charge is 0.223 e. The van der Waals surface area contributed by atoms with Gasteiger partial charge in [0.25, 0.3) is 0 Å². The highest BCUT2D eigenvalue weighted by Gasteiger charge is 2.39. The second-order valence-electron chi connectivity index (χ2n) is 4.26. The minimum Gasteiger partial charge on any atom is -0.493 e. The van der Waals surface area contributed by atoms with Crippen LogP contribution in [0.25, 0.3) is 0 Å². The van der Waals surface area contributed by atoms with Crippen LogP contribution in [0.3, 0.4) is 0 Å². The summed E-state index contributed by atoms with van der Waals surface area (Å²) in [5.41, 5.74) is 0.674. The number of ether oxygens (including phenoxy) is 2. The van der Waals surface area contributed by atoms with Gasteiger partial charge in [-0.2, -0.15) is 4.98 Å². The molecule has 2 rings (SSSR count). The van der Waals surface area contributed by atoms with Crippen molar-refractivity contribution in [3.05, 3.63) is 35.5 Å². The molecule has 1 atom stereocenters. The van der Waals surface area contributed by atoms with Crippen molar-refractivity contribution < 1.29 is 14.0 Å². The molecule has 0 amide bonds. The van der Waals surface area contributed by atoms with Gasteiger partial charge in [0.15, 0.2) is 17.3 Å². The van der Waals surface area contributed by atoms with Gasteiger partial charge in [-0.05, 0) is 17.7 Å². The molecule has 8 heteroatoms. The predicted octanol–water partition coefficient (Wildman–Crippen LogP) is 3.90. The van der Waals surface area contributed by atoms with Crippen LogP contribution in [0.4, 0.5) is 0 Å². The molecule has 0 aliphatic heterocycles. The van der Waals surface area contributed by atoms with Gasteiger partial charge in [0.1, 0.15) is 0 Å². The van der Waals surface area contributed by atoms with Gasteiger partial charge in [-0.25, -0.2) is 0 Å². The highest BCUT2D eigenvalue weighted by Crippen LogP contribution is 2.46. The van der Waals surface area contributed by atoms with Crippen molar-refractivity contribution >= 4 is 34.8 Å². The normalized spacial score (nSPS) is 13.0. The molecule has 1 heterocycles. The molecular weight excluding hydrogens is 339 g/mol. The number of halogens is 3. The second-order valence-corrected chi connectivity index (χ2v) is 6.63. The van der Waals surface area contributed by atoms with E-state index in [1.165, 1.54) is 7.11 Å². The summed E-state index contributed by atoms with van der Waals surface area (Å²) in [6.07, 6.45) is 0. The third-order valence-electron chi connectivity index (χ3n) is 2.87. The molecule has 0 fully saturated rings. The van der Waals surface area contributed by atoms with Gasteiger partial charge >= 0.3 is 0 Å².